The van der Waals surface area contributed by atoms with Crippen LogP contribution in [0.15, 0.2) is 42.5 Å². The molecule has 0 aromatic heterocycles. The van der Waals surface area contributed by atoms with Crippen LogP contribution in [0, 0.1) is 19.7 Å². The van der Waals surface area contributed by atoms with E-state index in [0.717, 1.165) is 29.5 Å². The maximum absolute atomic E-state index is 13.3. The fraction of sp³-hybridized carbons (Fsp3) is 0.440. The Labute approximate surface area is 184 Å². The molecule has 6 heteroatoms. The van der Waals surface area contributed by atoms with E-state index < -0.39 is 6.04 Å². The highest BCUT2D eigenvalue weighted by Crippen LogP contribution is 2.21. The van der Waals surface area contributed by atoms with Gasteiger partial charge in [0.1, 0.15) is 17.6 Å². The van der Waals surface area contributed by atoms with Gasteiger partial charge >= 0.3 is 0 Å². The number of carbonyl (C=O) groups is 2. The van der Waals surface area contributed by atoms with Crippen LogP contribution in [-0.2, 0) is 16.1 Å². The molecule has 0 bridgehead atoms. The second-order valence-electron chi connectivity index (χ2n) is 7.70. The first-order valence-corrected chi connectivity index (χ1v) is 10.9. The number of hydrogen-bond donors (Lipinski definition) is 1. The van der Waals surface area contributed by atoms with Crippen molar-refractivity contribution in [2.75, 3.05) is 13.2 Å². The lowest BCUT2D eigenvalue weighted by Gasteiger charge is -2.30. The molecule has 0 aliphatic rings. The number of rotatable bonds is 11. The smallest absolute Gasteiger partial charge is 0.261 e. The molecule has 0 saturated carbocycles. The molecule has 0 spiro atoms. The van der Waals surface area contributed by atoms with Crippen LogP contribution < -0.4 is 10.1 Å². The second-order valence-corrected chi connectivity index (χ2v) is 7.70. The van der Waals surface area contributed by atoms with Crippen LogP contribution in [0.2, 0.25) is 0 Å². The Bertz CT molecular complexity index is 868. The lowest BCUT2D eigenvalue weighted by Crippen LogP contribution is -2.50. The van der Waals surface area contributed by atoms with Gasteiger partial charge in [-0.15, -0.1) is 0 Å². The van der Waals surface area contributed by atoms with Crippen LogP contribution >= 0.6 is 0 Å². The SMILES string of the molecule is CCCCNC(=O)[C@H](CC)N(Cc1ccc(F)cc1)C(=O)COc1cccc(C)c1C. The largest absolute Gasteiger partial charge is 0.483 e. The van der Waals surface area contributed by atoms with Crippen molar-refractivity contribution in [3.8, 4) is 5.75 Å². The van der Waals surface area contributed by atoms with E-state index in [4.69, 9.17) is 4.74 Å². The van der Waals surface area contributed by atoms with Crippen LogP contribution in [0.1, 0.15) is 49.8 Å². The molecule has 0 aliphatic heterocycles. The van der Waals surface area contributed by atoms with Crippen molar-refractivity contribution in [2.24, 2.45) is 0 Å². The fourth-order valence-electron chi connectivity index (χ4n) is 3.32. The Morgan fingerprint density at radius 2 is 1.81 bits per heavy atom. The van der Waals surface area contributed by atoms with Crippen molar-refractivity contribution < 1.29 is 18.7 Å². The number of nitrogens with one attached hydrogen (secondary N) is 1. The quantitative estimate of drug-likeness (QED) is 0.535. The first kappa shape index (κ1) is 24.4. The summed E-state index contributed by atoms with van der Waals surface area (Å²) in [5.41, 5.74) is 2.81. The molecule has 5 nitrogen and oxygen atoms in total. The van der Waals surface area contributed by atoms with Gasteiger partial charge in [0, 0.05) is 13.1 Å². The molecule has 0 aliphatic carbocycles. The Morgan fingerprint density at radius 1 is 1.10 bits per heavy atom. The van der Waals surface area contributed by atoms with Crippen LogP contribution in [-0.4, -0.2) is 35.9 Å². The number of carbonyl (C=O) groups excluding carboxylic acids is 2. The van der Waals surface area contributed by atoms with E-state index in [1.807, 2.05) is 39.0 Å². The molecule has 1 atom stereocenters. The summed E-state index contributed by atoms with van der Waals surface area (Å²) in [4.78, 5) is 27.5. The van der Waals surface area contributed by atoms with Gasteiger partial charge in [-0.05, 0) is 61.6 Å². The summed E-state index contributed by atoms with van der Waals surface area (Å²) in [6, 6.07) is 11.0. The van der Waals surface area contributed by atoms with E-state index in [-0.39, 0.29) is 30.8 Å². The number of hydrogen-bond acceptors (Lipinski definition) is 3. The van der Waals surface area contributed by atoms with Crippen LogP contribution in [0.4, 0.5) is 4.39 Å². The standard InChI is InChI=1S/C25H33FN2O3/c1-5-7-15-27-25(30)22(6-2)28(16-20-11-13-21(26)14-12-20)24(29)17-31-23-10-8-9-18(3)19(23)4/h8-14,22H,5-7,15-17H2,1-4H3,(H,27,30)/t22-/m0/s1. The Kier molecular flexibility index (Phi) is 9.50. The van der Waals surface area contributed by atoms with Crippen molar-refractivity contribution in [3.63, 3.8) is 0 Å². The average molecular weight is 429 g/mol. The first-order chi connectivity index (χ1) is 14.9. The van der Waals surface area contributed by atoms with Crippen LogP contribution in [0.3, 0.4) is 0 Å². The summed E-state index contributed by atoms with van der Waals surface area (Å²) in [6.07, 6.45) is 2.32. The zero-order valence-corrected chi connectivity index (χ0v) is 18.9. The molecule has 0 radical (unpaired) electrons. The predicted molar refractivity (Wildman–Crippen MR) is 120 cm³/mol. The third kappa shape index (κ3) is 7.09. The zero-order chi connectivity index (χ0) is 22.8. The molecule has 1 N–H and O–H groups in total. The summed E-state index contributed by atoms with van der Waals surface area (Å²) >= 11 is 0. The highest BCUT2D eigenvalue weighted by molar-refractivity contribution is 5.88. The third-order valence-corrected chi connectivity index (χ3v) is 5.39. The van der Waals surface area contributed by atoms with Crippen molar-refractivity contribution in [2.45, 2.75) is 59.5 Å². The lowest BCUT2D eigenvalue weighted by atomic mass is 10.1. The number of halogens is 1. The molecule has 2 rings (SSSR count). The van der Waals surface area contributed by atoms with Crippen LogP contribution in [0.5, 0.6) is 5.75 Å². The minimum Gasteiger partial charge on any atom is -0.483 e. The molecular formula is C25H33FN2O3. The van der Waals surface area contributed by atoms with E-state index in [0.29, 0.717) is 18.7 Å². The first-order valence-electron chi connectivity index (χ1n) is 10.9. The van der Waals surface area contributed by atoms with Gasteiger partial charge in [0.15, 0.2) is 6.61 Å². The molecule has 0 saturated heterocycles. The van der Waals surface area contributed by atoms with Crippen LogP contribution in [0.25, 0.3) is 0 Å². The third-order valence-electron chi connectivity index (χ3n) is 5.39. The topological polar surface area (TPSA) is 58.6 Å². The highest BCUT2D eigenvalue weighted by Gasteiger charge is 2.29. The molecule has 0 heterocycles. The lowest BCUT2D eigenvalue weighted by molar-refractivity contribution is -0.143. The van der Waals surface area contributed by atoms with E-state index in [1.54, 1.807) is 12.1 Å². The van der Waals surface area contributed by atoms with Crippen molar-refractivity contribution >= 4 is 11.8 Å². The number of ether oxygens (including phenoxy) is 1. The van der Waals surface area contributed by atoms with E-state index in [9.17, 15) is 14.0 Å². The van der Waals surface area contributed by atoms with Gasteiger partial charge in [-0.1, -0.05) is 44.5 Å². The summed E-state index contributed by atoms with van der Waals surface area (Å²) in [6.45, 7) is 8.46. The van der Waals surface area contributed by atoms with Gasteiger partial charge in [0.25, 0.3) is 5.91 Å². The molecule has 2 aromatic rings. The van der Waals surface area contributed by atoms with Crippen molar-refractivity contribution in [3.05, 3.63) is 65.0 Å². The fourth-order valence-corrected chi connectivity index (χ4v) is 3.32. The van der Waals surface area contributed by atoms with Crippen molar-refractivity contribution in [1.29, 1.82) is 0 Å². The number of nitrogens with zero attached hydrogens (tertiary/aromatic N) is 1. The minimum atomic E-state index is -0.628. The minimum absolute atomic E-state index is 0.176. The highest BCUT2D eigenvalue weighted by atomic mass is 19.1. The van der Waals surface area contributed by atoms with Crippen molar-refractivity contribution in [1.82, 2.24) is 10.2 Å². The number of aryl methyl sites for hydroxylation is 1. The molecular weight excluding hydrogens is 395 g/mol. The predicted octanol–water partition coefficient (Wildman–Crippen LogP) is 4.55. The maximum Gasteiger partial charge on any atom is 0.261 e. The van der Waals surface area contributed by atoms with Gasteiger partial charge in [-0.25, -0.2) is 4.39 Å². The number of amides is 2. The average Bonchev–Trinajstić information content (AvgIpc) is 2.76. The number of unbranched alkanes of at least 4 members (excludes halogenated alkanes) is 1. The maximum atomic E-state index is 13.3. The zero-order valence-electron chi connectivity index (χ0n) is 18.9. The normalized spacial score (nSPS) is 11.6. The van der Waals surface area contributed by atoms with Gasteiger partial charge in [-0.3, -0.25) is 9.59 Å². The molecule has 2 aromatic carbocycles. The number of benzene rings is 2. The van der Waals surface area contributed by atoms with E-state index in [1.165, 1.54) is 17.0 Å². The van der Waals surface area contributed by atoms with E-state index in [2.05, 4.69) is 12.2 Å². The van der Waals surface area contributed by atoms with E-state index >= 15 is 0 Å². The summed E-state index contributed by atoms with van der Waals surface area (Å²) in [7, 11) is 0. The molecule has 2 amide bonds. The Hall–Kier alpha value is -2.89. The summed E-state index contributed by atoms with van der Waals surface area (Å²) in [5, 5.41) is 2.92. The monoisotopic (exact) mass is 428 g/mol. The summed E-state index contributed by atoms with van der Waals surface area (Å²) < 4.78 is 19.1. The van der Waals surface area contributed by atoms with Gasteiger partial charge < -0.3 is 15.0 Å². The van der Waals surface area contributed by atoms with Gasteiger partial charge in [0.05, 0.1) is 0 Å². The summed E-state index contributed by atoms with van der Waals surface area (Å²) in [5.74, 6) is -0.166. The van der Waals surface area contributed by atoms with Gasteiger partial charge in [0.2, 0.25) is 5.91 Å². The second kappa shape index (κ2) is 12.1. The Balaban J connectivity index is 2.19. The van der Waals surface area contributed by atoms with Gasteiger partial charge in [-0.2, -0.15) is 0 Å². The molecule has 168 valence electrons. The molecule has 0 fully saturated rings. The Morgan fingerprint density at radius 3 is 2.45 bits per heavy atom. The molecule has 31 heavy (non-hydrogen) atoms. The molecule has 0 unspecified atom stereocenters.